The molecule has 0 aliphatic rings. The molecule has 0 saturated heterocycles. The number of hydrogen-bond donors (Lipinski definition) is 1. The molecule has 0 saturated carbocycles. The van der Waals surface area contributed by atoms with Crippen LogP contribution in [0.4, 0.5) is 0 Å². The van der Waals surface area contributed by atoms with Crippen molar-refractivity contribution in [2.45, 2.75) is 26.8 Å². The van der Waals surface area contributed by atoms with E-state index in [-0.39, 0.29) is 5.56 Å². The van der Waals surface area contributed by atoms with Crippen molar-refractivity contribution in [1.82, 2.24) is 24.3 Å². The normalized spacial score (nSPS) is 11.9. The minimum atomic E-state index is -0.989. The highest BCUT2D eigenvalue weighted by Crippen LogP contribution is 2.22. The summed E-state index contributed by atoms with van der Waals surface area (Å²) in [7, 11) is 1.76. The number of carboxylic acid groups (broad SMARTS) is 1. The van der Waals surface area contributed by atoms with E-state index in [0.717, 1.165) is 5.69 Å². The predicted molar refractivity (Wildman–Crippen MR) is 91.7 cm³/mol. The van der Waals surface area contributed by atoms with Crippen LogP contribution in [0.2, 0.25) is 0 Å². The second kappa shape index (κ2) is 5.92. The molecule has 1 N–H and O–H groups in total. The number of carbonyl (C=O) groups is 1. The molecule has 124 valence electrons. The maximum absolute atomic E-state index is 11.6. The van der Waals surface area contributed by atoms with Crippen LogP contribution in [-0.2, 0) is 7.05 Å². The molecule has 0 bridgehead atoms. The molecular formula is C17H19N5O2. The highest BCUT2D eigenvalue weighted by atomic mass is 16.4. The number of rotatable bonds is 4. The summed E-state index contributed by atoms with van der Waals surface area (Å²) in [6.45, 7) is 5.94. The van der Waals surface area contributed by atoms with E-state index in [1.165, 1.54) is 0 Å². The van der Waals surface area contributed by atoms with Crippen LogP contribution >= 0.6 is 0 Å². The second-order valence-electron chi connectivity index (χ2n) is 5.98. The second-order valence-corrected chi connectivity index (χ2v) is 5.98. The Labute approximate surface area is 139 Å². The van der Waals surface area contributed by atoms with Crippen LogP contribution in [0.3, 0.4) is 0 Å². The summed E-state index contributed by atoms with van der Waals surface area (Å²) in [5.74, 6) is -0.989. The van der Waals surface area contributed by atoms with Crippen LogP contribution in [0.15, 0.2) is 18.6 Å². The van der Waals surface area contributed by atoms with E-state index >= 15 is 0 Å². The van der Waals surface area contributed by atoms with Gasteiger partial charge in [-0.15, -0.1) is 0 Å². The topological polar surface area (TPSA) is 85.8 Å². The number of hydrogen-bond acceptors (Lipinski definition) is 4. The summed E-state index contributed by atoms with van der Waals surface area (Å²) in [5.41, 5.74) is 2.77. The first-order valence-corrected chi connectivity index (χ1v) is 7.66. The van der Waals surface area contributed by atoms with Gasteiger partial charge in [-0.3, -0.25) is 4.68 Å². The Morgan fingerprint density at radius 3 is 2.62 bits per heavy atom. The number of aryl methyl sites for hydroxylation is 2. The fourth-order valence-electron chi connectivity index (χ4n) is 2.61. The lowest BCUT2D eigenvalue weighted by atomic mass is 10.1. The summed E-state index contributed by atoms with van der Waals surface area (Å²) in [5, 5.41) is 14.3. The van der Waals surface area contributed by atoms with Gasteiger partial charge in [0.1, 0.15) is 0 Å². The van der Waals surface area contributed by atoms with Crippen molar-refractivity contribution in [2.75, 3.05) is 0 Å². The molecule has 0 spiro atoms. The minimum Gasteiger partial charge on any atom is -0.478 e. The van der Waals surface area contributed by atoms with Crippen molar-refractivity contribution in [1.29, 1.82) is 0 Å². The SMILES string of the molecule is Cc1nn(C)c2nc(/C=C/c3cn(C(C)C)cn3)cc(C(=O)O)c12. The van der Waals surface area contributed by atoms with Gasteiger partial charge in [-0.1, -0.05) is 0 Å². The van der Waals surface area contributed by atoms with E-state index in [2.05, 4.69) is 28.9 Å². The number of imidazole rings is 1. The van der Waals surface area contributed by atoms with E-state index in [9.17, 15) is 9.90 Å². The summed E-state index contributed by atoms with van der Waals surface area (Å²) in [6, 6.07) is 1.90. The first-order chi connectivity index (χ1) is 11.4. The lowest BCUT2D eigenvalue weighted by Crippen LogP contribution is -2.01. The molecule has 0 aromatic carbocycles. The number of aromatic nitrogens is 5. The standard InChI is InChI=1S/C17H19N5O2/c1-10(2)22-8-13(18-9-22)6-5-12-7-14(17(23)24)15-11(3)20-21(4)16(15)19-12/h5-10H,1-4H3,(H,23,24)/b6-5+. The van der Waals surface area contributed by atoms with Crippen molar-refractivity contribution < 1.29 is 9.90 Å². The molecule has 3 heterocycles. The molecule has 7 nitrogen and oxygen atoms in total. The molecule has 0 radical (unpaired) electrons. The fourth-order valence-corrected chi connectivity index (χ4v) is 2.61. The lowest BCUT2D eigenvalue weighted by molar-refractivity contribution is 0.0699. The molecule has 3 aromatic rings. The van der Waals surface area contributed by atoms with Gasteiger partial charge in [0.2, 0.25) is 0 Å². The number of fused-ring (bicyclic) bond motifs is 1. The zero-order valence-electron chi connectivity index (χ0n) is 14.1. The van der Waals surface area contributed by atoms with Gasteiger partial charge in [-0.2, -0.15) is 5.10 Å². The Morgan fingerprint density at radius 1 is 1.29 bits per heavy atom. The van der Waals surface area contributed by atoms with Gasteiger partial charge in [-0.25, -0.2) is 14.8 Å². The van der Waals surface area contributed by atoms with Crippen LogP contribution < -0.4 is 0 Å². The Hall–Kier alpha value is -2.96. The van der Waals surface area contributed by atoms with Gasteiger partial charge in [0, 0.05) is 19.3 Å². The van der Waals surface area contributed by atoms with Gasteiger partial charge < -0.3 is 9.67 Å². The van der Waals surface area contributed by atoms with Crippen LogP contribution in [0.25, 0.3) is 23.2 Å². The average molecular weight is 325 g/mol. The maximum atomic E-state index is 11.6. The number of carboxylic acids is 1. The Bertz CT molecular complexity index is 949. The maximum Gasteiger partial charge on any atom is 0.336 e. The molecule has 0 atom stereocenters. The third-order valence-electron chi connectivity index (χ3n) is 3.86. The monoisotopic (exact) mass is 325 g/mol. The summed E-state index contributed by atoms with van der Waals surface area (Å²) in [4.78, 5) is 20.4. The summed E-state index contributed by atoms with van der Waals surface area (Å²) >= 11 is 0. The highest BCUT2D eigenvalue weighted by molar-refractivity contribution is 6.03. The highest BCUT2D eigenvalue weighted by Gasteiger charge is 2.17. The fraction of sp³-hybridized carbons (Fsp3) is 0.294. The van der Waals surface area contributed by atoms with Gasteiger partial charge in [0.25, 0.3) is 0 Å². The smallest absolute Gasteiger partial charge is 0.336 e. The Balaban J connectivity index is 2.04. The van der Waals surface area contributed by atoms with Crippen LogP contribution in [0.5, 0.6) is 0 Å². The van der Waals surface area contributed by atoms with Gasteiger partial charge in [0.05, 0.1) is 34.4 Å². The van der Waals surface area contributed by atoms with Crippen LogP contribution in [0.1, 0.15) is 47.3 Å². The van der Waals surface area contributed by atoms with Crippen molar-refractivity contribution >= 4 is 29.2 Å². The molecule has 0 unspecified atom stereocenters. The number of nitrogens with zero attached hydrogens (tertiary/aromatic N) is 5. The van der Waals surface area contributed by atoms with E-state index in [0.29, 0.717) is 28.5 Å². The van der Waals surface area contributed by atoms with Gasteiger partial charge >= 0.3 is 5.97 Å². The Kier molecular flexibility index (Phi) is 3.92. The van der Waals surface area contributed by atoms with Crippen LogP contribution in [-0.4, -0.2) is 35.4 Å². The molecule has 0 amide bonds. The van der Waals surface area contributed by atoms with Gasteiger partial charge in [-0.05, 0) is 39.0 Å². The molecule has 0 aliphatic carbocycles. The first kappa shape index (κ1) is 15.9. The predicted octanol–water partition coefficient (Wildman–Crippen LogP) is 2.92. The molecule has 3 aromatic heterocycles. The average Bonchev–Trinajstić information content (AvgIpc) is 3.10. The van der Waals surface area contributed by atoms with E-state index in [4.69, 9.17) is 0 Å². The summed E-state index contributed by atoms with van der Waals surface area (Å²) < 4.78 is 3.60. The lowest BCUT2D eigenvalue weighted by Gasteiger charge is -2.03. The molecule has 7 heteroatoms. The molecule has 0 fully saturated rings. The molecule has 3 rings (SSSR count). The largest absolute Gasteiger partial charge is 0.478 e. The third-order valence-corrected chi connectivity index (χ3v) is 3.86. The third kappa shape index (κ3) is 2.80. The van der Waals surface area contributed by atoms with Crippen LogP contribution in [0, 0.1) is 6.92 Å². The first-order valence-electron chi connectivity index (χ1n) is 7.66. The van der Waals surface area contributed by atoms with Crippen molar-refractivity contribution in [3.05, 3.63) is 41.2 Å². The molecular weight excluding hydrogens is 306 g/mol. The van der Waals surface area contributed by atoms with Crippen molar-refractivity contribution in [3.8, 4) is 0 Å². The number of aromatic carboxylic acids is 1. The van der Waals surface area contributed by atoms with Gasteiger partial charge in [0.15, 0.2) is 5.65 Å². The zero-order chi connectivity index (χ0) is 17.4. The van der Waals surface area contributed by atoms with Crippen molar-refractivity contribution in [3.63, 3.8) is 0 Å². The minimum absolute atomic E-state index is 0.206. The van der Waals surface area contributed by atoms with E-state index in [1.807, 2.05) is 16.8 Å². The zero-order valence-corrected chi connectivity index (χ0v) is 14.1. The summed E-state index contributed by atoms with van der Waals surface area (Å²) in [6.07, 6.45) is 7.29. The van der Waals surface area contributed by atoms with Crippen molar-refractivity contribution in [2.24, 2.45) is 7.05 Å². The Morgan fingerprint density at radius 2 is 2.00 bits per heavy atom. The van der Waals surface area contributed by atoms with E-state index < -0.39 is 5.97 Å². The van der Waals surface area contributed by atoms with E-state index in [1.54, 1.807) is 37.1 Å². The molecule has 0 aliphatic heterocycles. The quantitative estimate of drug-likeness (QED) is 0.797. The number of pyridine rings is 1. The molecule has 24 heavy (non-hydrogen) atoms.